The molecule has 0 aromatic heterocycles. The predicted molar refractivity (Wildman–Crippen MR) is 79.9 cm³/mol. The van der Waals surface area contributed by atoms with Gasteiger partial charge in [0.05, 0.1) is 12.8 Å². The van der Waals surface area contributed by atoms with E-state index in [0.717, 1.165) is 0 Å². The highest BCUT2D eigenvalue weighted by atomic mass is 16.5. The number of nitrogens with one attached hydrogen (secondary N) is 2. The third-order valence-corrected chi connectivity index (χ3v) is 2.65. The summed E-state index contributed by atoms with van der Waals surface area (Å²) in [6.07, 6.45) is 1.45. The summed E-state index contributed by atoms with van der Waals surface area (Å²) in [6, 6.07) is 13.1. The molecule has 0 aliphatic carbocycles. The van der Waals surface area contributed by atoms with E-state index in [2.05, 4.69) is 15.6 Å². The zero-order valence-electron chi connectivity index (χ0n) is 11.3. The number of anilines is 2. The molecule has 0 heterocycles. The van der Waals surface area contributed by atoms with Gasteiger partial charge in [0.25, 0.3) is 0 Å². The SMILES string of the molecule is COc1ccc(NC(=O)Nc2ccc(N=C=O)cc2)cc1. The van der Waals surface area contributed by atoms with E-state index in [-0.39, 0.29) is 6.03 Å². The van der Waals surface area contributed by atoms with Gasteiger partial charge in [-0.25, -0.2) is 9.59 Å². The molecule has 2 rings (SSSR count). The molecule has 0 atom stereocenters. The maximum atomic E-state index is 11.8. The van der Waals surface area contributed by atoms with E-state index in [1.807, 2.05) is 0 Å². The number of carbonyl (C=O) groups is 1. The van der Waals surface area contributed by atoms with Crippen LogP contribution < -0.4 is 15.4 Å². The first kappa shape index (κ1) is 14.3. The number of amides is 2. The number of ether oxygens (including phenoxy) is 1. The maximum Gasteiger partial charge on any atom is 0.323 e. The van der Waals surface area contributed by atoms with Crippen molar-refractivity contribution < 1.29 is 14.3 Å². The second-order valence-corrected chi connectivity index (χ2v) is 4.06. The Hall–Kier alpha value is -3.11. The monoisotopic (exact) mass is 283 g/mol. The molecule has 2 aromatic rings. The number of nitrogens with zero attached hydrogens (tertiary/aromatic N) is 1. The molecule has 2 amide bonds. The number of rotatable bonds is 4. The molecule has 0 aliphatic heterocycles. The molecular weight excluding hydrogens is 270 g/mol. The van der Waals surface area contributed by atoms with Crippen molar-refractivity contribution in [2.75, 3.05) is 17.7 Å². The molecule has 0 aliphatic rings. The summed E-state index contributed by atoms with van der Waals surface area (Å²) < 4.78 is 5.04. The van der Waals surface area contributed by atoms with Crippen LogP contribution in [0.5, 0.6) is 5.75 Å². The number of benzene rings is 2. The summed E-state index contributed by atoms with van der Waals surface area (Å²) in [7, 11) is 1.58. The van der Waals surface area contributed by atoms with Crippen molar-refractivity contribution >= 4 is 29.2 Å². The maximum absolute atomic E-state index is 11.8. The predicted octanol–water partition coefficient (Wildman–Crippen LogP) is 3.31. The van der Waals surface area contributed by atoms with Crippen molar-refractivity contribution in [1.29, 1.82) is 0 Å². The van der Waals surface area contributed by atoms with Crippen molar-refractivity contribution in [2.45, 2.75) is 0 Å². The van der Waals surface area contributed by atoms with Crippen LogP contribution in [0.15, 0.2) is 53.5 Å². The largest absolute Gasteiger partial charge is 0.497 e. The molecule has 0 saturated carbocycles. The Morgan fingerprint density at radius 3 is 2.00 bits per heavy atom. The summed E-state index contributed by atoms with van der Waals surface area (Å²) in [4.78, 5) is 25.4. The Morgan fingerprint density at radius 2 is 1.52 bits per heavy atom. The molecule has 0 radical (unpaired) electrons. The van der Waals surface area contributed by atoms with E-state index >= 15 is 0 Å². The van der Waals surface area contributed by atoms with Crippen molar-refractivity contribution in [2.24, 2.45) is 4.99 Å². The Bertz CT molecular complexity index is 660. The van der Waals surface area contributed by atoms with E-state index in [1.54, 1.807) is 55.6 Å². The third kappa shape index (κ3) is 4.19. The van der Waals surface area contributed by atoms with Gasteiger partial charge in [0.2, 0.25) is 6.08 Å². The summed E-state index contributed by atoms with van der Waals surface area (Å²) in [5.41, 5.74) is 1.72. The van der Waals surface area contributed by atoms with E-state index in [0.29, 0.717) is 22.8 Å². The van der Waals surface area contributed by atoms with Gasteiger partial charge in [0.1, 0.15) is 5.75 Å². The van der Waals surface area contributed by atoms with Gasteiger partial charge in [-0.05, 0) is 48.5 Å². The minimum Gasteiger partial charge on any atom is -0.497 e. The zero-order chi connectivity index (χ0) is 15.1. The number of carbonyl (C=O) groups excluding carboxylic acids is 2. The van der Waals surface area contributed by atoms with Crippen molar-refractivity contribution in [3.8, 4) is 5.75 Å². The molecule has 0 unspecified atom stereocenters. The van der Waals surface area contributed by atoms with Crippen LogP contribution in [0.1, 0.15) is 0 Å². The fraction of sp³-hybridized carbons (Fsp3) is 0.0667. The molecule has 0 fully saturated rings. The molecule has 0 spiro atoms. The Morgan fingerprint density at radius 1 is 1.00 bits per heavy atom. The molecule has 6 nitrogen and oxygen atoms in total. The van der Waals surface area contributed by atoms with E-state index in [4.69, 9.17) is 4.74 Å². The summed E-state index contributed by atoms with van der Waals surface area (Å²) in [6.45, 7) is 0. The minimum atomic E-state index is -0.369. The van der Waals surface area contributed by atoms with Gasteiger partial charge in [-0.15, -0.1) is 0 Å². The van der Waals surface area contributed by atoms with Gasteiger partial charge in [0.15, 0.2) is 0 Å². The first-order valence-electron chi connectivity index (χ1n) is 6.11. The van der Waals surface area contributed by atoms with Crippen molar-refractivity contribution in [1.82, 2.24) is 0 Å². The van der Waals surface area contributed by atoms with Crippen LogP contribution >= 0.6 is 0 Å². The fourth-order valence-corrected chi connectivity index (χ4v) is 1.64. The van der Waals surface area contributed by atoms with E-state index in [1.165, 1.54) is 6.08 Å². The number of urea groups is 1. The topological polar surface area (TPSA) is 79.8 Å². The molecule has 2 N–H and O–H groups in total. The van der Waals surface area contributed by atoms with Gasteiger partial charge in [0, 0.05) is 11.4 Å². The second-order valence-electron chi connectivity index (χ2n) is 4.06. The molecule has 2 aromatic carbocycles. The first-order valence-corrected chi connectivity index (χ1v) is 6.11. The minimum absolute atomic E-state index is 0.369. The van der Waals surface area contributed by atoms with Gasteiger partial charge in [-0.3, -0.25) is 0 Å². The lowest BCUT2D eigenvalue weighted by Gasteiger charge is -2.08. The fourth-order valence-electron chi connectivity index (χ4n) is 1.64. The van der Waals surface area contributed by atoms with Gasteiger partial charge < -0.3 is 15.4 Å². The van der Waals surface area contributed by atoms with Crippen molar-refractivity contribution in [3.05, 3.63) is 48.5 Å². The highest BCUT2D eigenvalue weighted by molar-refractivity contribution is 5.99. The molecule has 106 valence electrons. The van der Waals surface area contributed by atoms with Crippen LogP contribution in [0.2, 0.25) is 0 Å². The molecule has 0 bridgehead atoms. The number of aliphatic imine (C=N–C) groups is 1. The van der Waals surface area contributed by atoms with Crippen LogP contribution in [-0.4, -0.2) is 19.2 Å². The van der Waals surface area contributed by atoms with Crippen LogP contribution in [0.3, 0.4) is 0 Å². The zero-order valence-corrected chi connectivity index (χ0v) is 11.3. The number of methoxy groups -OCH3 is 1. The third-order valence-electron chi connectivity index (χ3n) is 2.65. The van der Waals surface area contributed by atoms with Crippen LogP contribution in [0, 0.1) is 0 Å². The van der Waals surface area contributed by atoms with Gasteiger partial charge in [-0.2, -0.15) is 4.99 Å². The summed E-state index contributed by atoms with van der Waals surface area (Å²) in [5, 5.41) is 5.36. The average Bonchev–Trinajstić information content (AvgIpc) is 2.50. The molecule has 0 saturated heterocycles. The highest BCUT2D eigenvalue weighted by Gasteiger charge is 2.03. The Balaban J connectivity index is 1.95. The lowest BCUT2D eigenvalue weighted by molar-refractivity contribution is 0.262. The number of isocyanates is 1. The van der Waals surface area contributed by atoms with Crippen LogP contribution in [0.25, 0.3) is 0 Å². The lowest BCUT2D eigenvalue weighted by atomic mass is 10.3. The van der Waals surface area contributed by atoms with Gasteiger partial charge in [-0.1, -0.05) is 0 Å². The highest BCUT2D eigenvalue weighted by Crippen LogP contribution is 2.17. The molecule has 21 heavy (non-hydrogen) atoms. The first-order chi connectivity index (χ1) is 10.2. The summed E-state index contributed by atoms with van der Waals surface area (Å²) >= 11 is 0. The normalized spacial score (nSPS) is 9.38. The number of hydrogen-bond acceptors (Lipinski definition) is 4. The molecule has 6 heteroatoms. The van der Waals surface area contributed by atoms with Crippen molar-refractivity contribution in [3.63, 3.8) is 0 Å². The summed E-state index contributed by atoms with van der Waals surface area (Å²) in [5.74, 6) is 0.715. The van der Waals surface area contributed by atoms with Crippen LogP contribution in [-0.2, 0) is 4.79 Å². The number of hydrogen-bond donors (Lipinski definition) is 2. The van der Waals surface area contributed by atoms with E-state index in [9.17, 15) is 9.59 Å². The van der Waals surface area contributed by atoms with E-state index < -0.39 is 0 Å². The lowest BCUT2D eigenvalue weighted by Crippen LogP contribution is -2.19. The Labute approximate surface area is 121 Å². The smallest absolute Gasteiger partial charge is 0.323 e. The second kappa shape index (κ2) is 6.88. The standard InChI is InChI=1S/C15H13N3O3/c1-21-14-8-6-13(7-9-14)18-15(20)17-12-4-2-11(3-5-12)16-10-19/h2-9H,1H3,(H2,17,18,20). The average molecular weight is 283 g/mol. The molecular formula is C15H13N3O3. The Kier molecular flexibility index (Phi) is 4.69. The van der Waals surface area contributed by atoms with Gasteiger partial charge >= 0.3 is 6.03 Å². The van der Waals surface area contributed by atoms with Crippen LogP contribution in [0.4, 0.5) is 21.9 Å². The quantitative estimate of drug-likeness (QED) is 0.667.